The fourth-order valence-corrected chi connectivity index (χ4v) is 3.47. The van der Waals surface area contributed by atoms with E-state index in [0.717, 1.165) is 12.1 Å². The molecule has 0 spiro atoms. The van der Waals surface area contributed by atoms with E-state index in [1.165, 1.54) is 12.1 Å². The van der Waals surface area contributed by atoms with Crippen molar-refractivity contribution in [3.63, 3.8) is 0 Å². The van der Waals surface area contributed by atoms with Crippen molar-refractivity contribution in [2.24, 2.45) is 0 Å². The molecule has 0 bridgehead atoms. The van der Waals surface area contributed by atoms with Gasteiger partial charge in [-0.1, -0.05) is 42.3 Å². The van der Waals surface area contributed by atoms with Gasteiger partial charge in [0.05, 0.1) is 16.1 Å². The number of nitrogens with one attached hydrogen (secondary N) is 2. The number of hydrogen-bond donors (Lipinski definition) is 2. The highest BCUT2D eigenvalue weighted by Crippen LogP contribution is 2.31. The van der Waals surface area contributed by atoms with Gasteiger partial charge in [-0.2, -0.15) is 13.2 Å². The Morgan fingerprint density at radius 2 is 1.90 bits per heavy atom. The second-order valence-corrected chi connectivity index (χ2v) is 7.62. The lowest BCUT2D eigenvalue weighted by atomic mass is 10.1. The standard InChI is InChI=1S/C21H19Cl2F3N4O/c1-2-17-29-19-15(9-14(22)10-16(19)23)20(30-17)27-7-6-18(31)28-11-12-4-3-5-13(8-12)21(24,25)26/h3-5,8-10H,2,6-7,11H2,1H3,(H,28,31)(H,27,29,30). The van der Waals surface area contributed by atoms with E-state index >= 15 is 0 Å². The number of nitrogens with zero attached hydrogens (tertiary/aromatic N) is 2. The van der Waals surface area contributed by atoms with E-state index in [1.807, 2.05) is 6.92 Å². The second kappa shape index (κ2) is 9.70. The topological polar surface area (TPSA) is 66.9 Å². The average Bonchev–Trinajstić information content (AvgIpc) is 2.72. The Bertz CT molecular complexity index is 1110. The first-order chi connectivity index (χ1) is 14.7. The number of hydrogen-bond acceptors (Lipinski definition) is 4. The normalized spacial score (nSPS) is 11.5. The van der Waals surface area contributed by atoms with E-state index < -0.39 is 11.7 Å². The Morgan fingerprint density at radius 3 is 2.61 bits per heavy atom. The molecule has 1 amide bonds. The van der Waals surface area contributed by atoms with Crippen LogP contribution >= 0.6 is 23.2 Å². The molecule has 31 heavy (non-hydrogen) atoms. The van der Waals surface area contributed by atoms with Gasteiger partial charge in [-0.25, -0.2) is 9.97 Å². The Labute approximate surface area is 187 Å². The van der Waals surface area contributed by atoms with E-state index in [0.29, 0.717) is 44.6 Å². The van der Waals surface area contributed by atoms with E-state index in [4.69, 9.17) is 23.2 Å². The van der Waals surface area contributed by atoms with Crippen LogP contribution in [0.5, 0.6) is 0 Å². The van der Waals surface area contributed by atoms with Crippen LogP contribution in [0.1, 0.15) is 30.3 Å². The van der Waals surface area contributed by atoms with Gasteiger partial charge in [0.15, 0.2) is 0 Å². The number of fused-ring (bicyclic) bond motifs is 1. The van der Waals surface area contributed by atoms with Gasteiger partial charge < -0.3 is 10.6 Å². The molecule has 164 valence electrons. The van der Waals surface area contributed by atoms with Crippen molar-refractivity contribution in [1.82, 2.24) is 15.3 Å². The van der Waals surface area contributed by atoms with Crippen LogP contribution in [0.25, 0.3) is 10.9 Å². The molecule has 0 fully saturated rings. The van der Waals surface area contributed by atoms with Crippen molar-refractivity contribution in [3.8, 4) is 0 Å². The fourth-order valence-electron chi connectivity index (χ4n) is 2.94. The molecule has 3 rings (SSSR count). The lowest BCUT2D eigenvalue weighted by molar-refractivity contribution is -0.137. The van der Waals surface area contributed by atoms with Gasteiger partial charge in [-0.05, 0) is 29.8 Å². The number of carbonyl (C=O) groups is 1. The van der Waals surface area contributed by atoms with Gasteiger partial charge in [0.1, 0.15) is 11.6 Å². The molecule has 3 aromatic rings. The van der Waals surface area contributed by atoms with Crippen molar-refractivity contribution in [2.45, 2.75) is 32.5 Å². The highest BCUT2D eigenvalue weighted by Gasteiger charge is 2.30. The minimum absolute atomic E-state index is 0.00435. The number of halogens is 5. The van der Waals surface area contributed by atoms with Crippen LogP contribution in [0.15, 0.2) is 36.4 Å². The summed E-state index contributed by atoms with van der Waals surface area (Å²) in [6.45, 7) is 2.17. The number of amides is 1. The maximum Gasteiger partial charge on any atom is 0.416 e. The zero-order chi connectivity index (χ0) is 22.6. The number of aryl methyl sites for hydroxylation is 1. The second-order valence-electron chi connectivity index (χ2n) is 6.78. The molecule has 1 aromatic heterocycles. The number of rotatable bonds is 7. The number of benzene rings is 2. The lowest BCUT2D eigenvalue weighted by Crippen LogP contribution is -2.25. The van der Waals surface area contributed by atoms with E-state index in [-0.39, 0.29) is 25.4 Å². The molecule has 0 radical (unpaired) electrons. The highest BCUT2D eigenvalue weighted by molar-refractivity contribution is 6.38. The largest absolute Gasteiger partial charge is 0.416 e. The molecule has 0 unspecified atom stereocenters. The highest BCUT2D eigenvalue weighted by atomic mass is 35.5. The number of carbonyl (C=O) groups excluding carboxylic acids is 1. The number of alkyl halides is 3. The number of aromatic nitrogens is 2. The first kappa shape index (κ1) is 23.1. The van der Waals surface area contributed by atoms with Gasteiger partial charge in [-0.3, -0.25) is 4.79 Å². The Kier molecular flexibility index (Phi) is 7.23. The summed E-state index contributed by atoms with van der Waals surface area (Å²) in [6, 6.07) is 8.14. The quantitative estimate of drug-likeness (QED) is 0.469. The van der Waals surface area contributed by atoms with Gasteiger partial charge >= 0.3 is 6.18 Å². The zero-order valence-electron chi connectivity index (χ0n) is 16.5. The van der Waals surface area contributed by atoms with Gasteiger partial charge in [0, 0.05) is 36.3 Å². The predicted octanol–water partition coefficient (Wildman–Crippen LogP) is 5.64. The maximum absolute atomic E-state index is 12.8. The summed E-state index contributed by atoms with van der Waals surface area (Å²) in [4.78, 5) is 21.0. The van der Waals surface area contributed by atoms with E-state index in [1.54, 1.807) is 12.1 Å². The van der Waals surface area contributed by atoms with E-state index in [9.17, 15) is 18.0 Å². The summed E-state index contributed by atoms with van der Waals surface area (Å²) >= 11 is 12.3. The fraction of sp³-hybridized carbons (Fsp3) is 0.286. The van der Waals surface area contributed by atoms with Gasteiger partial charge in [-0.15, -0.1) is 0 Å². The smallest absolute Gasteiger partial charge is 0.369 e. The molecule has 0 saturated heterocycles. The predicted molar refractivity (Wildman–Crippen MR) is 115 cm³/mol. The molecular weight excluding hydrogens is 452 g/mol. The van der Waals surface area contributed by atoms with Crippen molar-refractivity contribution >= 4 is 45.8 Å². The molecule has 0 atom stereocenters. The SMILES string of the molecule is CCc1nc(NCCC(=O)NCc2cccc(C(F)(F)F)c2)c2cc(Cl)cc(Cl)c2n1. The first-order valence-corrected chi connectivity index (χ1v) is 10.3. The van der Waals surface area contributed by atoms with Gasteiger partial charge in [0.2, 0.25) is 5.91 Å². The maximum atomic E-state index is 12.8. The third-order valence-electron chi connectivity index (χ3n) is 4.47. The molecular formula is C21H19Cl2F3N4O. The van der Waals surface area contributed by atoms with Crippen LogP contribution < -0.4 is 10.6 Å². The zero-order valence-corrected chi connectivity index (χ0v) is 18.0. The molecule has 0 aliphatic carbocycles. The molecule has 0 aliphatic rings. The Hall–Kier alpha value is -2.58. The summed E-state index contributed by atoms with van der Waals surface area (Å²) in [5.74, 6) is 0.792. The van der Waals surface area contributed by atoms with Gasteiger partial charge in [0.25, 0.3) is 0 Å². The number of anilines is 1. The first-order valence-electron chi connectivity index (χ1n) is 9.49. The molecule has 0 aliphatic heterocycles. The van der Waals surface area contributed by atoms with Crippen LogP contribution in [0.4, 0.5) is 19.0 Å². The molecule has 2 N–H and O–H groups in total. The lowest BCUT2D eigenvalue weighted by Gasteiger charge is -2.12. The van der Waals surface area contributed by atoms with Crippen LogP contribution in [-0.2, 0) is 23.9 Å². The minimum Gasteiger partial charge on any atom is -0.369 e. The molecule has 2 aromatic carbocycles. The summed E-state index contributed by atoms with van der Waals surface area (Å²) in [5, 5.41) is 7.20. The summed E-state index contributed by atoms with van der Waals surface area (Å²) in [6.07, 6.45) is -3.73. The summed E-state index contributed by atoms with van der Waals surface area (Å²) in [5.41, 5.74) is 0.185. The van der Waals surface area contributed by atoms with Crippen LogP contribution in [-0.4, -0.2) is 22.4 Å². The molecule has 0 saturated carbocycles. The van der Waals surface area contributed by atoms with Crippen LogP contribution in [0, 0.1) is 0 Å². The van der Waals surface area contributed by atoms with Crippen molar-refractivity contribution in [3.05, 3.63) is 63.4 Å². The Morgan fingerprint density at radius 1 is 1.13 bits per heavy atom. The van der Waals surface area contributed by atoms with Crippen LogP contribution in [0.3, 0.4) is 0 Å². The summed E-state index contributed by atoms with van der Waals surface area (Å²) < 4.78 is 38.4. The average molecular weight is 471 g/mol. The third-order valence-corrected chi connectivity index (χ3v) is 4.98. The third kappa shape index (κ3) is 5.98. The van der Waals surface area contributed by atoms with Crippen LogP contribution in [0.2, 0.25) is 10.0 Å². The van der Waals surface area contributed by atoms with Crippen molar-refractivity contribution in [2.75, 3.05) is 11.9 Å². The molecule has 1 heterocycles. The summed E-state index contributed by atoms with van der Waals surface area (Å²) in [7, 11) is 0. The van der Waals surface area contributed by atoms with Crippen molar-refractivity contribution in [1.29, 1.82) is 0 Å². The Balaban J connectivity index is 1.61. The minimum atomic E-state index is -4.42. The van der Waals surface area contributed by atoms with E-state index in [2.05, 4.69) is 20.6 Å². The molecule has 5 nitrogen and oxygen atoms in total. The monoisotopic (exact) mass is 470 g/mol. The van der Waals surface area contributed by atoms with Crippen molar-refractivity contribution < 1.29 is 18.0 Å². The molecule has 10 heteroatoms.